The van der Waals surface area contributed by atoms with Crippen LogP contribution in [0.4, 0.5) is 0 Å². The van der Waals surface area contributed by atoms with Crippen molar-refractivity contribution in [2.75, 3.05) is 6.61 Å². The van der Waals surface area contributed by atoms with E-state index in [-0.39, 0.29) is 0 Å². The Bertz CT molecular complexity index is 438. The molecule has 2 nitrogen and oxygen atoms in total. The molecule has 2 heteroatoms. The number of benzene rings is 1. The molecule has 0 N–H and O–H groups in total. The van der Waals surface area contributed by atoms with Crippen molar-refractivity contribution in [3.05, 3.63) is 29.8 Å². The first-order chi connectivity index (χ1) is 10.3. The second-order valence-corrected chi connectivity index (χ2v) is 6.30. The Morgan fingerprint density at radius 1 is 1.05 bits per heavy atom. The van der Waals surface area contributed by atoms with Gasteiger partial charge in [0.05, 0.1) is 18.2 Å². The standard InChI is InChI=1S/C19H27NO/c1-2-4-16-6-8-17(9-7-16)5-3-14-21-19-12-10-18(15-20)11-13-19/h10-13,16-17H,2-9,14H2,1H3. The van der Waals surface area contributed by atoms with E-state index in [0.717, 1.165) is 30.6 Å². The molecular weight excluding hydrogens is 258 g/mol. The zero-order chi connectivity index (χ0) is 14.9. The fourth-order valence-corrected chi connectivity index (χ4v) is 3.40. The number of nitrogens with zero attached hydrogens (tertiary/aromatic N) is 1. The molecule has 0 amide bonds. The summed E-state index contributed by atoms with van der Waals surface area (Å²) in [6, 6.07) is 9.51. The molecule has 0 aliphatic heterocycles. The van der Waals surface area contributed by atoms with E-state index in [0.29, 0.717) is 5.56 Å². The average molecular weight is 285 g/mol. The lowest BCUT2D eigenvalue weighted by molar-refractivity contribution is 0.230. The number of hydrogen-bond acceptors (Lipinski definition) is 2. The van der Waals surface area contributed by atoms with Gasteiger partial charge in [-0.3, -0.25) is 0 Å². The molecule has 0 aromatic heterocycles. The highest BCUT2D eigenvalue weighted by Gasteiger charge is 2.19. The highest BCUT2D eigenvalue weighted by Crippen LogP contribution is 2.33. The molecule has 0 heterocycles. The molecule has 2 rings (SSSR count). The summed E-state index contributed by atoms with van der Waals surface area (Å²) in [5, 5.41) is 8.75. The normalized spacial score (nSPS) is 21.7. The molecule has 21 heavy (non-hydrogen) atoms. The SMILES string of the molecule is CCCC1CCC(CCCOc2ccc(C#N)cc2)CC1. The van der Waals surface area contributed by atoms with Crippen molar-refractivity contribution in [2.24, 2.45) is 11.8 Å². The lowest BCUT2D eigenvalue weighted by Crippen LogP contribution is -2.15. The van der Waals surface area contributed by atoms with Crippen LogP contribution in [0.2, 0.25) is 0 Å². The molecule has 114 valence electrons. The minimum absolute atomic E-state index is 0.686. The zero-order valence-corrected chi connectivity index (χ0v) is 13.2. The maximum atomic E-state index is 8.75. The van der Waals surface area contributed by atoms with Crippen LogP contribution < -0.4 is 4.74 Å². The summed E-state index contributed by atoms with van der Waals surface area (Å²) in [5.74, 6) is 2.80. The van der Waals surface area contributed by atoms with Crippen LogP contribution in [0.5, 0.6) is 5.75 Å². The van der Waals surface area contributed by atoms with Crippen molar-refractivity contribution < 1.29 is 4.74 Å². The molecule has 1 aromatic rings. The van der Waals surface area contributed by atoms with Crippen LogP contribution >= 0.6 is 0 Å². The third-order valence-corrected chi connectivity index (χ3v) is 4.67. The largest absolute Gasteiger partial charge is 0.494 e. The Morgan fingerprint density at radius 2 is 1.67 bits per heavy atom. The second kappa shape index (κ2) is 8.72. The lowest BCUT2D eigenvalue weighted by atomic mass is 9.78. The average Bonchev–Trinajstić information content (AvgIpc) is 2.54. The minimum atomic E-state index is 0.686. The van der Waals surface area contributed by atoms with E-state index in [1.807, 2.05) is 24.3 Å². The maximum Gasteiger partial charge on any atom is 0.119 e. The van der Waals surface area contributed by atoms with Crippen LogP contribution in [-0.4, -0.2) is 6.61 Å². The minimum Gasteiger partial charge on any atom is -0.494 e. The molecule has 0 radical (unpaired) electrons. The van der Waals surface area contributed by atoms with Crippen LogP contribution in [-0.2, 0) is 0 Å². The summed E-state index contributed by atoms with van der Waals surface area (Å²) < 4.78 is 5.75. The van der Waals surface area contributed by atoms with Gasteiger partial charge >= 0.3 is 0 Å². The molecule has 1 saturated carbocycles. The molecule has 0 atom stereocenters. The second-order valence-electron chi connectivity index (χ2n) is 6.30. The Labute approximate surface area is 129 Å². The first-order valence-electron chi connectivity index (χ1n) is 8.44. The Balaban J connectivity index is 1.59. The summed E-state index contributed by atoms with van der Waals surface area (Å²) in [6.45, 7) is 3.09. The Kier molecular flexibility index (Phi) is 6.60. The molecule has 0 unspecified atom stereocenters. The summed E-state index contributed by atoms with van der Waals surface area (Å²) in [5.41, 5.74) is 0.686. The van der Waals surface area contributed by atoms with Crippen molar-refractivity contribution in [3.63, 3.8) is 0 Å². The summed E-state index contributed by atoms with van der Waals surface area (Å²) in [6.07, 6.45) is 10.9. The van der Waals surface area contributed by atoms with E-state index >= 15 is 0 Å². The van der Waals surface area contributed by atoms with Crippen molar-refractivity contribution in [2.45, 2.75) is 58.3 Å². The number of ether oxygens (including phenoxy) is 1. The van der Waals surface area contributed by atoms with Gasteiger partial charge in [0.25, 0.3) is 0 Å². The van der Waals surface area contributed by atoms with Crippen LogP contribution in [0.25, 0.3) is 0 Å². The van der Waals surface area contributed by atoms with Gasteiger partial charge in [-0.05, 0) is 48.9 Å². The lowest BCUT2D eigenvalue weighted by Gasteiger charge is -2.28. The smallest absolute Gasteiger partial charge is 0.119 e. The van der Waals surface area contributed by atoms with E-state index in [4.69, 9.17) is 10.00 Å². The molecule has 0 bridgehead atoms. The quantitative estimate of drug-likeness (QED) is 0.635. The van der Waals surface area contributed by atoms with E-state index in [2.05, 4.69) is 13.0 Å². The maximum absolute atomic E-state index is 8.75. The molecule has 1 aliphatic carbocycles. The first-order valence-corrected chi connectivity index (χ1v) is 8.44. The van der Waals surface area contributed by atoms with Gasteiger partial charge in [0.1, 0.15) is 5.75 Å². The molecule has 0 saturated heterocycles. The van der Waals surface area contributed by atoms with Gasteiger partial charge < -0.3 is 4.74 Å². The summed E-state index contributed by atoms with van der Waals surface area (Å²) in [7, 11) is 0. The number of nitriles is 1. The molecule has 1 aromatic carbocycles. The van der Waals surface area contributed by atoms with Gasteiger partial charge in [-0.25, -0.2) is 0 Å². The van der Waals surface area contributed by atoms with Gasteiger partial charge in [-0.2, -0.15) is 5.26 Å². The van der Waals surface area contributed by atoms with Gasteiger partial charge in [0, 0.05) is 0 Å². The predicted molar refractivity (Wildman–Crippen MR) is 86.2 cm³/mol. The predicted octanol–water partition coefficient (Wildman–Crippen LogP) is 5.32. The number of hydrogen-bond donors (Lipinski definition) is 0. The van der Waals surface area contributed by atoms with E-state index in [1.54, 1.807) is 0 Å². The summed E-state index contributed by atoms with van der Waals surface area (Å²) in [4.78, 5) is 0. The van der Waals surface area contributed by atoms with Crippen molar-refractivity contribution in [1.82, 2.24) is 0 Å². The Morgan fingerprint density at radius 3 is 2.24 bits per heavy atom. The fourth-order valence-electron chi connectivity index (χ4n) is 3.40. The molecule has 1 fully saturated rings. The van der Waals surface area contributed by atoms with Crippen LogP contribution in [0.3, 0.4) is 0 Å². The summed E-state index contributed by atoms with van der Waals surface area (Å²) >= 11 is 0. The van der Waals surface area contributed by atoms with Gasteiger partial charge in [-0.1, -0.05) is 45.4 Å². The highest BCUT2D eigenvalue weighted by atomic mass is 16.5. The van der Waals surface area contributed by atoms with Gasteiger partial charge in [-0.15, -0.1) is 0 Å². The van der Waals surface area contributed by atoms with Gasteiger partial charge in [0.2, 0.25) is 0 Å². The topological polar surface area (TPSA) is 33.0 Å². The monoisotopic (exact) mass is 285 g/mol. The van der Waals surface area contributed by atoms with Crippen LogP contribution in [0.1, 0.15) is 63.9 Å². The van der Waals surface area contributed by atoms with E-state index in [9.17, 15) is 0 Å². The van der Waals surface area contributed by atoms with Crippen molar-refractivity contribution in [1.29, 1.82) is 5.26 Å². The number of rotatable bonds is 7. The van der Waals surface area contributed by atoms with Crippen LogP contribution in [0.15, 0.2) is 24.3 Å². The van der Waals surface area contributed by atoms with Gasteiger partial charge in [0.15, 0.2) is 0 Å². The third kappa shape index (κ3) is 5.42. The van der Waals surface area contributed by atoms with Crippen molar-refractivity contribution >= 4 is 0 Å². The zero-order valence-electron chi connectivity index (χ0n) is 13.2. The molecule has 1 aliphatic rings. The van der Waals surface area contributed by atoms with Crippen LogP contribution in [0, 0.1) is 23.2 Å². The third-order valence-electron chi connectivity index (χ3n) is 4.67. The molecule has 0 spiro atoms. The van der Waals surface area contributed by atoms with E-state index < -0.39 is 0 Å². The molecular formula is C19H27NO. The fraction of sp³-hybridized carbons (Fsp3) is 0.632. The highest BCUT2D eigenvalue weighted by molar-refractivity contribution is 5.34. The van der Waals surface area contributed by atoms with Crippen molar-refractivity contribution in [3.8, 4) is 11.8 Å². The first kappa shape index (κ1) is 15.9. The van der Waals surface area contributed by atoms with E-state index in [1.165, 1.54) is 44.9 Å². The Hall–Kier alpha value is -1.49.